The summed E-state index contributed by atoms with van der Waals surface area (Å²) in [6.45, 7) is 6.52. The number of unbranched alkanes of at least 4 members (excludes halogenated alkanes) is 5. The normalized spacial score (nSPS) is 25.7. The second kappa shape index (κ2) is 8.04. The Morgan fingerprint density at radius 2 is 1.94 bits per heavy atom. The fraction of sp³-hybridized carbons (Fsp3) is 0.923. The largest absolute Gasteiger partial charge is 0.393 e. The summed E-state index contributed by atoms with van der Waals surface area (Å²) in [7, 11) is 0. The second-order valence-electron chi connectivity index (χ2n) is 4.57. The first-order chi connectivity index (χ1) is 7.74. The molecule has 0 aromatic carbocycles. The van der Waals surface area contributed by atoms with E-state index < -0.39 is 6.10 Å². The average Bonchev–Trinajstić information content (AvgIpc) is 2.94. The van der Waals surface area contributed by atoms with Crippen molar-refractivity contribution in [1.82, 2.24) is 0 Å². The van der Waals surface area contributed by atoms with E-state index in [0.29, 0.717) is 6.42 Å². The van der Waals surface area contributed by atoms with Crippen LogP contribution in [0.1, 0.15) is 51.9 Å². The zero-order valence-corrected chi connectivity index (χ0v) is 10.4. The summed E-state index contributed by atoms with van der Waals surface area (Å²) in [4.78, 5) is 0. The molecule has 1 N–H and O–H groups in total. The van der Waals surface area contributed by atoms with Crippen molar-refractivity contribution in [3.8, 4) is 0 Å². The van der Waals surface area contributed by atoms with Gasteiger partial charge in [0.1, 0.15) is 6.10 Å². The van der Waals surface area contributed by atoms with E-state index in [1.807, 2.05) is 0 Å². The quantitative estimate of drug-likeness (QED) is 0.462. The van der Waals surface area contributed by atoms with Crippen LogP contribution in [0.4, 0.5) is 0 Å². The lowest BCUT2D eigenvalue weighted by molar-refractivity contribution is 0.0478. The third-order valence-electron chi connectivity index (χ3n) is 2.82. The summed E-state index contributed by atoms with van der Waals surface area (Å²) in [6, 6.07) is 0. The molecule has 3 heteroatoms. The number of rotatable bonds is 10. The van der Waals surface area contributed by atoms with Crippen molar-refractivity contribution < 1.29 is 14.6 Å². The smallest absolute Gasteiger partial charge is 0.184 e. The molecular weight excluding hydrogens is 204 g/mol. The molecule has 1 radical (unpaired) electrons. The first-order valence-corrected chi connectivity index (χ1v) is 6.52. The van der Waals surface area contributed by atoms with E-state index in [2.05, 4.69) is 13.8 Å². The van der Waals surface area contributed by atoms with Crippen molar-refractivity contribution in [3.63, 3.8) is 0 Å². The van der Waals surface area contributed by atoms with E-state index in [4.69, 9.17) is 14.6 Å². The average molecular weight is 229 g/mol. The molecule has 95 valence electrons. The molecule has 0 spiro atoms. The lowest BCUT2D eigenvalue weighted by Gasteiger charge is -2.02. The summed E-state index contributed by atoms with van der Waals surface area (Å²) in [6.07, 6.45) is 7.69. The summed E-state index contributed by atoms with van der Waals surface area (Å²) in [5.41, 5.74) is 0. The fourth-order valence-corrected chi connectivity index (χ4v) is 1.79. The van der Waals surface area contributed by atoms with Gasteiger partial charge in [-0.1, -0.05) is 39.0 Å². The minimum atomic E-state index is -0.535. The van der Waals surface area contributed by atoms with Crippen LogP contribution < -0.4 is 0 Å². The standard InChI is InChI=1S/C13H25O3/c1-3-4-5-6-7-8-9-15-13-12(16-13)10-11(2)14/h11-14H,2-10H2,1H3. The Bertz CT molecular complexity index is 171. The molecule has 1 saturated heterocycles. The first-order valence-electron chi connectivity index (χ1n) is 6.52. The maximum absolute atomic E-state index is 9.03. The Balaban J connectivity index is 1.79. The summed E-state index contributed by atoms with van der Waals surface area (Å²) in [5.74, 6) is 0. The van der Waals surface area contributed by atoms with Crippen molar-refractivity contribution in [2.75, 3.05) is 6.61 Å². The van der Waals surface area contributed by atoms with Crippen LogP contribution in [0.25, 0.3) is 0 Å². The molecule has 0 bridgehead atoms. The molecule has 0 amide bonds. The molecule has 0 aliphatic carbocycles. The van der Waals surface area contributed by atoms with Crippen LogP contribution in [-0.2, 0) is 9.47 Å². The van der Waals surface area contributed by atoms with E-state index in [1.54, 1.807) is 0 Å². The van der Waals surface area contributed by atoms with Crippen molar-refractivity contribution >= 4 is 0 Å². The number of ether oxygens (including phenoxy) is 2. The highest BCUT2D eigenvalue weighted by Gasteiger charge is 2.40. The summed E-state index contributed by atoms with van der Waals surface area (Å²) < 4.78 is 10.8. The van der Waals surface area contributed by atoms with Gasteiger partial charge in [0.2, 0.25) is 0 Å². The molecule has 1 aliphatic rings. The molecule has 0 aromatic heterocycles. The first kappa shape index (κ1) is 13.9. The van der Waals surface area contributed by atoms with Gasteiger partial charge in [-0.25, -0.2) is 0 Å². The Labute approximate surface area is 99.1 Å². The van der Waals surface area contributed by atoms with Gasteiger partial charge in [-0.3, -0.25) is 0 Å². The van der Waals surface area contributed by atoms with Crippen LogP contribution in [0.3, 0.4) is 0 Å². The van der Waals surface area contributed by atoms with Crippen molar-refractivity contribution in [3.05, 3.63) is 6.92 Å². The third-order valence-corrected chi connectivity index (χ3v) is 2.82. The molecule has 0 aromatic rings. The van der Waals surface area contributed by atoms with Crippen LogP contribution in [-0.4, -0.2) is 30.2 Å². The van der Waals surface area contributed by atoms with Gasteiger partial charge in [0.05, 0.1) is 6.10 Å². The number of hydrogen-bond acceptors (Lipinski definition) is 3. The molecular formula is C13H25O3. The number of aliphatic hydroxyl groups is 1. The van der Waals surface area contributed by atoms with E-state index >= 15 is 0 Å². The number of aliphatic hydroxyl groups excluding tert-OH is 1. The molecule has 16 heavy (non-hydrogen) atoms. The number of epoxide rings is 1. The van der Waals surface area contributed by atoms with Crippen molar-refractivity contribution in [2.24, 2.45) is 0 Å². The zero-order chi connectivity index (χ0) is 11.8. The van der Waals surface area contributed by atoms with Crippen molar-refractivity contribution in [2.45, 2.75) is 70.4 Å². The van der Waals surface area contributed by atoms with Gasteiger partial charge in [0, 0.05) is 13.0 Å². The predicted octanol–water partition coefficient (Wildman–Crippen LogP) is 2.67. The van der Waals surface area contributed by atoms with Gasteiger partial charge in [-0.15, -0.1) is 0 Å². The molecule has 0 saturated carbocycles. The minimum absolute atomic E-state index is 0.0765. The minimum Gasteiger partial charge on any atom is -0.393 e. The van der Waals surface area contributed by atoms with Crippen LogP contribution in [0.5, 0.6) is 0 Å². The van der Waals surface area contributed by atoms with E-state index in [9.17, 15) is 0 Å². The SMILES string of the molecule is [CH2]C(O)CC1OC1OCCCCCCCC. The molecule has 1 rings (SSSR count). The van der Waals surface area contributed by atoms with E-state index in [-0.39, 0.29) is 12.4 Å². The van der Waals surface area contributed by atoms with Gasteiger partial charge >= 0.3 is 0 Å². The highest BCUT2D eigenvalue weighted by Crippen LogP contribution is 2.27. The topological polar surface area (TPSA) is 42.0 Å². The monoisotopic (exact) mass is 229 g/mol. The maximum Gasteiger partial charge on any atom is 0.184 e. The molecule has 3 unspecified atom stereocenters. The van der Waals surface area contributed by atoms with Crippen LogP contribution in [0.2, 0.25) is 0 Å². The summed E-state index contributed by atoms with van der Waals surface area (Å²) >= 11 is 0. The molecule has 3 nitrogen and oxygen atoms in total. The Kier molecular flexibility index (Phi) is 7.01. The van der Waals surface area contributed by atoms with E-state index in [0.717, 1.165) is 13.0 Å². The highest BCUT2D eigenvalue weighted by molar-refractivity contribution is 4.80. The molecule has 1 aliphatic heterocycles. The van der Waals surface area contributed by atoms with Crippen LogP contribution >= 0.6 is 0 Å². The lowest BCUT2D eigenvalue weighted by atomic mass is 10.1. The van der Waals surface area contributed by atoms with Crippen LogP contribution in [0.15, 0.2) is 0 Å². The van der Waals surface area contributed by atoms with Gasteiger partial charge in [0.15, 0.2) is 6.29 Å². The Morgan fingerprint density at radius 1 is 1.25 bits per heavy atom. The van der Waals surface area contributed by atoms with Gasteiger partial charge < -0.3 is 14.6 Å². The third kappa shape index (κ3) is 6.46. The maximum atomic E-state index is 9.03. The summed E-state index contributed by atoms with van der Waals surface area (Å²) in [5, 5.41) is 9.03. The predicted molar refractivity (Wildman–Crippen MR) is 64.0 cm³/mol. The molecule has 1 fully saturated rings. The van der Waals surface area contributed by atoms with Crippen LogP contribution in [0, 0.1) is 6.92 Å². The number of hydrogen-bond donors (Lipinski definition) is 1. The second-order valence-corrected chi connectivity index (χ2v) is 4.57. The fourth-order valence-electron chi connectivity index (χ4n) is 1.79. The van der Waals surface area contributed by atoms with Gasteiger partial charge in [0.25, 0.3) is 0 Å². The van der Waals surface area contributed by atoms with Gasteiger partial charge in [-0.2, -0.15) is 0 Å². The molecule has 3 atom stereocenters. The Morgan fingerprint density at radius 3 is 2.62 bits per heavy atom. The van der Waals surface area contributed by atoms with Gasteiger partial charge in [-0.05, 0) is 13.3 Å². The highest BCUT2D eigenvalue weighted by atomic mass is 16.8. The zero-order valence-electron chi connectivity index (χ0n) is 10.4. The lowest BCUT2D eigenvalue weighted by Crippen LogP contribution is -2.08. The van der Waals surface area contributed by atoms with E-state index in [1.165, 1.54) is 32.1 Å². The molecule has 1 heterocycles. The Hall–Kier alpha value is -0.120. The van der Waals surface area contributed by atoms with Crippen molar-refractivity contribution in [1.29, 1.82) is 0 Å².